The molecule has 0 saturated carbocycles. The fourth-order valence-corrected chi connectivity index (χ4v) is 1.50. The molecule has 0 fully saturated rings. The monoisotopic (exact) mass is 287 g/mol. The second-order valence-electron chi connectivity index (χ2n) is 3.65. The van der Waals surface area contributed by atoms with Crippen LogP contribution in [0.1, 0.15) is 11.4 Å². The third-order valence-electron chi connectivity index (χ3n) is 2.27. The molecule has 1 heterocycles. The van der Waals surface area contributed by atoms with E-state index >= 15 is 0 Å². The van der Waals surface area contributed by atoms with Crippen LogP contribution in [-0.4, -0.2) is 37.5 Å². The minimum Gasteiger partial charge on any atom is -0.410 e. The Hall–Kier alpha value is -2.65. The standard InChI is InChI=1S/C10H8F3N5O2/c1-18-9(14-16-17-18)8(15-19)6-3-2-4-7(5-6)20-10(11,12)13/h2-5,19H,1H3/b15-8+. The Labute approximate surface area is 110 Å². The molecule has 2 rings (SSSR count). The normalized spacial score (nSPS) is 12.5. The minimum atomic E-state index is -4.80. The molecule has 20 heavy (non-hydrogen) atoms. The van der Waals surface area contributed by atoms with Crippen LogP contribution in [0.2, 0.25) is 0 Å². The summed E-state index contributed by atoms with van der Waals surface area (Å²) in [5.41, 5.74) is 0.0947. The molecular weight excluding hydrogens is 279 g/mol. The summed E-state index contributed by atoms with van der Waals surface area (Å²) in [6, 6.07) is 4.95. The van der Waals surface area contributed by atoms with Crippen molar-refractivity contribution in [3.8, 4) is 5.75 Å². The van der Waals surface area contributed by atoms with Crippen LogP contribution in [0.4, 0.5) is 13.2 Å². The highest BCUT2D eigenvalue weighted by molar-refractivity contribution is 6.10. The highest BCUT2D eigenvalue weighted by Gasteiger charge is 2.31. The first-order valence-electron chi connectivity index (χ1n) is 5.21. The number of tetrazole rings is 1. The summed E-state index contributed by atoms with van der Waals surface area (Å²) in [5, 5.41) is 22.5. The first-order valence-corrected chi connectivity index (χ1v) is 5.21. The van der Waals surface area contributed by atoms with Gasteiger partial charge in [0, 0.05) is 12.6 Å². The lowest BCUT2D eigenvalue weighted by molar-refractivity contribution is -0.274. The van der Waals surface area contributed by atoms with Gasteiger partial charge >= 0.3 is 6.36 Å². The van der Waals surface area contributed by atoms with Gasteiger partial charge in [0.15, 0.2) is 5.71 Å². The molecule has 0 aliphatic carbocycles. The Kier molecular flexibility index (Phi) is 3.55. The Morgan fingerprint density at radius 1 is 1.40 bits per heavy atom. The third kappa shape index (κ3) is 3.02. The lowest BCUT2D eigenvalue weighted by Gasteiger charge is -2.10. The van der Waals surface area contributed by atoms with Gasteiger partial charge in [-0.3, -0.25) is 0 Å². The van der Waals surface area contributed by atoms with Crippen molar-refractivity contribution in [2.45, 2.75) is 6.36 Å². The molecule has 7 nitrogen and oxygen atoms in total. The zero-order chi connectivity index (χ0) is 14.8. The molecule has 0 amide bonds. The predicted molar refractivity (Wildman–Crippen MR) is 59.3 cm³/mol. The Balaban J connectivity index is 2.37. The highest BCUT2D eigenvalue weighted by Crippen LogP contribution is 2.24. The van der Waals surface area contributed by atoms with Gasteiger partial charge in [-0.15, -0.1) is 18.3 Å². The van der Waals surface area contributed by atoms with Crippen molar-refractivity contribution >= 4 is 5.71 Å². The smallest absolute Gasteiger partial charge is 0.410 e. The second-order valence-corrected chi connectivity index (χ2v) is 3.65. The van der Waals surface area contributed by atoms with Gasteiger partial charge in [0.1, 0.15) is 5.75 Å². The first-order chi connectivity index (χ1) is 9.40. The number of aromatic nitrogens is 4. The molecule has 0 unspecified atom stereocenters. The fraction of sp³-hybridized carbons (Fsp3) is 0.200. The lowest BCUT2D eigenvalue weighted by Crippen LogP contribution is -2.17. The van der Waals surface area contributed by atoms with Crippen LogP contribution in [0.5, 0.6) is 5.75 Å². The maximum atomic E-state index is 12.2. The van der Waals surface area contributed by atoms with Crippen molar-refractivity contribution in [2.75, 3.05) is 0 Å². The molecule has 0 spiro atoms. The quantitative estimate of drug-likeness (QED) is 0.523. The zero-order valence-electron chi connectivity index (χ0n) is 10.0. The molecule has 1 aromatic carbocycles. The highest BCUT2D eigenvalue weighted by atomic mass is 19.4. The van der Waals surface area contributed by atoms with Gasteiger partial charge in [0.2, 0.25) is 5.82 Å². The van der Waals surface area contributed by atoms with Crippen LogP contribution in [0.25, 0.3) is 0 Å². The van der Waals surface area contributed by atoms with Gasteiger partial charge in [-0.2, -0.15) is 0 Å². The van der Waals surface area contributed by atoms with Crippen LogP contribution in [0, 0.1) is 0 Å². The SMILES string of the molecule is Cn1nnnc1/C(=N/O)c1cccc(OC(F)(F)F)c1. The maximum absolute atomic E-state index is 12.2. The van der Waals surface area contributed by atoms with Crippen molar-refractivity contribution in [3.05, 3.63) is 35.7 Å². The van der Waals surface area contributed by atoms with Gasteiger partial charge in [-0.05, 0) is 22.6 Å². The first kappa shape index (κ1) is 13.8. The van der Waals surface area contributed by atoms with Crippen LogP contribution in [0.3, 0.4) is 0 Å². The van der Waals surface area contributed by atoms with Crippen molar-refractivity contribution in [2.24, 2.45) is 12.2 Å². The average molecular weight is 287 g/mol. The summed E-state index contributed by atoms with van der Waals surface area (Å²) < 4.78 is 41.5. The summed E-state index contributed by atoms with van der Waals surface area (Å²) in [5.74, 6) is -0.345. The number of nitrogens with zero attached hydrogens (tertiary/aromatic N) is 5. The number of rotatable bonds is 3. The fourth-order valence-electron chi connectivity index (χ4n) is 1.50. The number of ether oxygens (including phenoxy) is 1. The van der Waals surface area contributed by atoms with E-state index in [4.69, 9.17) is 5.21 Å². The summed E-state index contributed by atoms with van der Waals surface area (Å²) in [7, 11) is 1.50. The second kappa shape index (κ2) is 5.15. The Morgan fingerprint density at radius 2 is 2.15 bits per heavy atom. The van der Waals surface area contributed by atoms with Crippen LogP contribution >= 0.6 is 0 Å². The third-order valence-corrected chi connectivity index (χ3v) is 2.27. The zero-order valence-corrected chi connectivity index (χ0v) is 10.0. The number of halogens is 3. The topological polar surface area (TPSA) is 85.4 Å². The minimum absolute atomic E-state index is 0.0786. The van der Waals surface area contributed by atoms with Crippen LogP contribution in [0.15, 0.2) is 29.4 Å². The molecule has 0 aliphatic rings. The number of aryl methyl sites for hydroxylation is 1. The number of hydrogen-bond acceptors (Lipinski definition) is 6. The van der Waals surface area contributed by atoms with E-state index in [1.165, 1.54) is 23.9 Å². The molecule has 0 bridgehead atoms. The van der Waals surface area contributed by atoms with Crippen molar-refractivity contribution in [1.29, 1.82) is 0 Å². The van der Waals surface area contributed by atoms with E-state index in [0.717, 1.165) is 12.1 Å². The predicted octanol–water partition coefficient (Wildman–Crippen LogP) is 1.34. The molecular formula is C10H8F3N5O2. The van der Waals surface area contributed by atoms with Gasteiger partial charge in [-0.1, -0.05) is 17.3 Å². The summed E-state index contributed by atoms with van der Waals surface area (Å²) in [4.78, 5) is 0. The Bertz CT molecular complexity index is 638. The van der Waals surface area contributed by atoms with Crippen molar-refractivity contribution in [1.82, 2.24) is 20.2 Å². The lowest BCUT2D eigenvalue weighted by atomic mass is 10.1. The van der Waals surface area contributed by atoms with E-state index in [2.05, 4.69) is 25.4 Å². The Morgan fingerprint density at radius 3 is 2.70 bits per heavy atom. The van der Waals surface area contributed by atoms with Gasteiger partial charge in [0.25, 0.3) is 0 Å². The van der Waals surface area contributed by atoms with E-state index < -0.39 is 12.1 Å². The van der Waals surface area contributed by atoms with Crippen LogP contribution in [-0.2, 0) is 7.05 Å². The number of hydrogen-bond donors (Lipinski definition) is 1. The van der Waals surface area contributed by atoms with E-state index in [-0.39, 0.29) is 17.1 Å². The average Bonchev–Trinajstić information content (AvgIpc) is 2.75. The molecule has 0 aliphatic heterocycles. The number of oxime groups is 1. The molecule has 0 radical (unpaired) electrons. The van der Waals surface area contributed by atoms with Gasteiger partial charge in [-0.25, -0.2) is 4.68 Å². The number of benzene rings is 1. The van der Waals surface area contributed by atoms with E-state index in [1.807, 2.05) is 0 Å². The molecule has 1 aromatic heterocycles. The van der Waals surface area contributed by atoms with E-state index in [1.54, 1.807) is 0 Å². The summed E-state index contributed by atoms with van der Waals surface area (Å²) in [6.45, 7) is 0. The largest absolute Gasteiger partial charge is 0.573 e. The van der Waals surface area contributed by atoms with E-state index in [9.17, 15) is 13.2 Å². The van der Waals surface area contributed by atoms with Gasteiger partial charge < -0.3 is 9.94 Å². The summed E-state index contributed by atoms with van der Waals surface area (Å²) >= 11 is 0. The molecule has 0 atom stereocenters. The van der Waals surface area contributed by atoms with Crippen LogP contribution < -0.4 is 4.74 Å². The van der Waals surface area contributed by atoms with Crippen molar-refractivity contribution in [3.63, 3.8) is 0 Å². The molecule has 0 saturated heterocycles. The van der Waals surface area contributed by atoms with Crippen molar-refractivity contribution < 1.29 is 23.1 Å². The molecule has 10 heteroatoms. The molecule has 2 aromatic rings. The maximum Gasteiger partial charge on any atom is 0.573 e. The number of alkyl halides is 3. The van der Waals surface area contributed by atoms with Gasteiger partial charge in [0.05, 0.1) is 0 Å². The molecule has 106 valence electrons. The molecule has 1 N–H and O–H groups in total. The summed E-state index contributed by atoms with van der Waals surface area (Å²) in [6.07, 6.45) is -4.80. The van der Waals surface area contributed by atoms with E-state index in [0.29, 0.717) is 0 Å².